The van der Waals surface area contributed by atoms with Gasteiger partial charge in [0, 0.05) is 21.1 Å². The summed E-state index contributed by atoms with van der Waals surface area (Å²) in [6.45, 7) is 9.15. The zero-order chi connectivity index (χ0) is 26.9. The van der Waals surface area contributed by atoms with Crippen molar-refractivity contribution in [1.82, 2.24) is 10.7 Å². The van der Waals surface area contributed by atoms with Crippen molar-refractivity contribution in [3.63, 3.8) is 0 Å². The van der Waals surface area contributed by atoms with Gasteiger partial charge < -0.3 is 19.5 Å². The fourth-order valence-corrected chi connectivity index (χ4v) is 4.66. The summed E-state index contributed by atoms with van der Waals surface area (Å²) in [6, 6.07) is 10.8. The number of nitrogens with zero attached hydrogens (tertiary/aromatic N) is 1. The second kappa shape index (κ2) is 12.9. The number of hydrazone groups is 1. The molecular weight excluding hydrogens is 494 g/mol. The average Bonchev–Trinajstić information content (AvgIpc) is 3.27. The summed E-state index contributed by atoms with van der Waals surface area (Å²) in [4.78, 5) is 39.9. The number of benzene rings is 1. The van der Waals surface area contributed by atoms with E-state index in [4.69, 9.17) is 14.2 Å². The highest BCUT2D eigenvalue weighted by atomic mass is 32.1. The van der Waals surface area contributed by atoms with Crippen molar-refractivity contribution in [2.24, 2.45) is 5.10 Å². The minimum absolute atomic E-state index is 0.200. The monoisotopic (exact) mass is 525 g/mol. The SMILES string of the molecule is CCOC(=O)C1=C(C)NC(C)=C(C(=O)OCC)C1c1ccc(OCC(=O)N/N=C/c2ccc(C)s2)cc1. The van der Waals surface area contributed by atoms with Gasteiger partial charge in [0.2, 0.25) is 0 Å². The molecule has 2 heterocycles. The molecule has 2 N–H and O–H groups in total. The van der Waals surface area contributed by atoms with Crippen molar-refractivity contribution in [3.05, 3.63) is 74.3 Å². The number of allylic oxidation sites excluding steroid dienone is 2. The molecule has 0 fully saturated rings. The molecule has 0 atom stereocenters. The lowest BCUT2D eigenvalue weighted by atomic mass is 9.80. The van der Waals surface area contributed by atoms with Gasteiger partial charge in [-0.15, -0.1) is 11.3 Å². The van der Waals surface area contributed by atoms with E-state index in [2.05, 4.69) is 15.8 Å². The summed E-state index contributed by atoms with van der Waals surface area (Å²) in [5, 5.41) is 7.05. The third-order valence-electron chi connectivity index (χ3n) is 5.48. The van der Waals surface area contributed by atoms with E-state index in [1.165, 1.54) is 0 Å². The Morgan fingerprint density at radius 2 is 1.54 bits per heavy atom. The molecular formula is C27H31N3O6S. The Morgan fingerprint density at radius 1 is 0.946 bits per heavy atom. The molecule has 1 aliphatic heterocycles. The Bertz CT molecular complexity index is 1200. The lowest BCUT2D eigenvalue weighted by Gasteiger charge is -2.30. The number of ether oxygens (including phenoxy) is 3. The Labute approximate surface area is 220 Å². The fraction of sp³-hybridized carbons (Fsp3) is 0.333. The van der Waals surface area contributed by atoms with Crippen LogP contribution in [0.25, 0.3) is 0 Å². The summed E-state index contributed by atoms with van der Waals surface area (Å²) in [7, 11) is 0. The standard InChI is InChI=1S/C27H31N3O6S/c1-6-34-26(32)23-17(4)29-18(5)24(27(33)35-7-2)25(23)19-9-11-20(12-10-19)36-15-22(31)30-28-14-21-13-8-16(3)37-21/h8-14,25,29H,6-7,15H2,1-5H3,(H,30,31)/b28-14+. The van der Waals surface area contributed by atoms with E-state index in [9.17, 15) is 14.4 Å². The number of amides is 1. The van der Waals surface area contributed by atoms with Crippen molar-refractivity contribution >= 4 is 35.4 Å². The highest BCUT2D eigenvalue weighted by molar-refractivity contribution is 7.13. The summed E-state index contributed by atoms with van der Waals surface area (Å²) in [5.41, 5.74) is 4.99. The predicted octanol–water partition coefficient (Wildman–Crippen LogP) is 3.95. The van der Waals surface area contributed by atoms with Crippen LogP contribution in [-0.2, 0) is 23.9 Å². The molecule has 0 unspecified atom stereocenters. The summed E-state index contributed by atoms with van der Waals surface area (Å²) >= 11 is 1.57. The molecule has 0 saturated carbocycles. The van der Waals surface area contributed by atoms with Crippen LogP contribution in [0.3, 0.4) is 0 Å². The van der Waals surface area contributed by atoms with Crippen LogP contribution in [0.2, 0.25) is 0 Å². The lowest BCUT2D eigenvalue weighted by Crippen LogP contribution is -2.32. The first-order valence-electron chi connectivity index (χ1n) is 11.9. The van der Waals surface area contributed by atoms with Gasteiger partial charge in [0.15, 0.2) is 6.61 Å². The Morgan fingerprint density at radius 3 is 2.05 bits per heavy atom. The Hall–Kier alpha value is -3.92. The maximum atomic E-state index is 12.9. The molecule has 1 aromatic carbocycles. The van der Waals surface area contributed by atoms with Crippen molar-refractivity contribution in [1.29, 1.82) is 0 Å². The highest BCUT2D eigenvalue weighted by Gasteiger charge is 2.37. The molecule has 0 radical (unpaired) electrons. The quantitative estimate of drug-likeness (QED) is 0.274. The maximum absolute atomic E-state index is 12.9. The van der Waals surface area contributed by atoms with Gasteiger partial charge in [-0.1, -0.05) is 12.1 Å². The van der Waals surface area contributed by atoms with E-state index in [0.29, 0.717) is 33.9 Å². The van der Waals surface area contributed by atoms with Crippen molar-refractivity contribution in [2.45, 2.75) is 40.5 Å². The van der Waals surface area contributed by atoms with Gasteiger partial charge in [0.05, 0.1) is 36.5 Å². The van der Waals surface area contributed by atoms with Gasteiger partial charge in [0.1, 0.15) is 5.75 Å². The second-order valence-electron chi connectivity index (χ2n) is 8.18. The normalized spacial score (nSPS) is 14.0. The molecule has 2 aromatic rings. The summed E-state index contributed by atoms with van der Waals surface area (Å²) < 4.78 is 16.2. The minimum Gasteiger partial charge on any atom is -0.484 e. The number of thiophene rings is 1. The summed E-state index contributed by atoms with van der Waals surface area (Å²) in [6.07, 6.45) is 1.58. The van der Waals surface area contributed by atoms with Crippen LogP contribution in [0.4, 0.5) is 0 Å². The number of aryl methyl sites for hydroxylation is 1. The van der Waals surface area contributed by atoms with Gasteiger partial charge >= 0.3 is 11.9 Å². The number of hydrogen-bond donors (Lipinski definition) is 2. The van der Waals surface area contributed by atoms with Crippen LogP contribution in [0.1, 0.15) is 48.9 Å². The van der Waals surface area contributed by atoms with E-state index < -0.39 is 23.8 Å². The van der Waals surface area contributed by atoms with Crippen LogP contribution >= 0.6 is 11.3 Å². The predicted molar refractivity (Wildman–Crippen MR) is 141 cm³/mol. The molecule has 3 rings (SSSR count). The molecule has 0 aliphatic carbocycles. The van der Waals surface area contributed by atoms with Gasteiger partial charge in [-0.3, -0.25) is 4.79 Å². The van der Waals surface area contributed by atoms with Crippen molar-refractivity contribution in [3.8, 4) is 5.75 Å². The van der Waals surface area contributed by atoms with Gasteiger partial charge in [-0.25, -0.2) is 15.0 Å². The molecule has 0 spiro atoms. The number of carbonyl (C=O) groups is 3. The number of dihydropyridines is 1. The summed E-state index contributed by atoms with van der Waals surface area (Å²) in [5.74, 6) is -1.67. The van der Waals surface area contributed by atoms with Gasteiger partial charge in [-0.05, 0) is 64.4 Å². The number of rotatable bonds is 10. The second-order valence-corrected chi connectivity index (χ2v) is 9.50. The average molecular weight is 526 g/mol. The third kappa shape index (κ3) is 7.07. The third-order valence-corrected chi connectivity index (χ3v) is 6.41. The van der Waals surface area contributed by atoms with Crippen molar-refractivity contribution < 1.29 is 28.6 Å². The van der Waals surface area contributed by atoms with E-state index in [0.717, 1.165) is 9.75 Å². The van der Waals surface area contributed by atoms with Crippen LogP contribution in [-0.4, -0.2) is 43.9 Å². The molecule has 1 amide bonds. The molecule has 10 heteroatoms. The number of esters is 2. The van der Waals surface area contributed by atoms with Crippen LogP contribution < -0.4 is 15.5 Å². The Balaban J connectivity index is 1.75. The minimum atomic E-state index is -0.688. The van der Waals surface area contributed by atoms with E-state index in [-0.39, 0.29) is 19.8 Å². The van der Waals surface area contributed by atoms with E-state index in [1.807, 2.05) is 19.1 Å². The smallest absolute Gasteiger partial charge is 0.336 e. The van der Waals surface area contributed by atoms with E-state index in [1.54, 1.807) is 69.5 Å². The highest BCUT2D eigenvalue weighted by Crippen LogP contribution is 2.39. The van der Waals surface area contributed by atoms with Gasteiger partial charge in [0.25, 0.3) is 5.91 Å². The molecule has 9 nitrogen and oxygen atoms in total. The molecule has 196 valence electrons. The first kappa shape index (κ1) is 27.7. The zero-order valence-electron chi connectivity index (χ0n) is 21.5. The van der Waals surface area contributed by atoms with E-state index >= 15 is 0 Å². The van der Waals surface area contributed by atoms with Crippen LogP contribution in [0.15, 0.2) is 64.0 Å². The number of hydrogen-bond acceptors (Lipinski definition) is 9. The fourth-order valence-electron chi connectivity index (χ4n) is 3.91. The van der Waals surface area contributed by atoms with Crippen molar-refractivity contribution in [2.75, 3.05) is 19.8 Å². The number of carbonyl (C=O) groups excluding carboxylic acids is 3. The maximum Gasteiger partial charge on any atom is 0.336 e. The molecule has 0 saturated heterocycles. The van der Waals surface area contributed by atoms with Gasteiger partial charge in [-0.2, -0.15) is 5.10 Å². The number of nitrogens with one attached hydrogen (secondary N) is 2. The van der Waals surface area contributed by atoms with Crippen LogP contribution in [0, 0.1) is 6.92 Å². The van der Waals surface area contributed by atoms with Crippen LogP contribution in [0.5, 0.6) is 5.75 Å². The molecule has 0 bridgehead atoms. The molecule has 37 heavy (non-hydrogen) atoms. The zero-order valence-corrected chi connectivity index (χ0v) is 22.4. The molecule has 1 aromatic heterocycles. The largest absolute Gasteiger partial charge is 0.484 e. The first-order chi connectivity index (χ1) is 17.7. The topological polar surface area (TPSA) is 115 Å². The molecule has 1 aliphatic rings. The lowest BCUT2D eigenvalue weighted by molar-refractivity contribution is -0.139. The Kier molecular flexibility index (Phi) is 9.62. The first-order valence-corrected chi connectivity index (χ1v) is 12.7.